The third kappa shape index (κ3) is 3.97. The zero-order chi connectivity index (χ0) is 17.9. The predicted molar refractivity (Wildman–Crippen MR) is 95.7 cm³/mol. The maximum absolute atomic E-state index is 12.0. The van der Waals surface area contributed by atoms with Crippen molar-refractivity contribution in [3.8, 4) is 5.75 Å². The van der Waals surface area contributed by atoms with Gasteiger partial charge in [0.25, 0.3) is 0 Å². The van der Waals surface area contributed by atoms with Gasteiger partial charge in [0.15, 0.2) is 0 Å². The number of hydrogen-bond acceptors (Lipinski definition) is 4. The first kappa shape index (κ1) is 18.1. The molecular formula is C17H21ClN4O2. The number of urea groups is 1. The number of anilines is 1. The van der Waals surface area contributed by atoms with Gasteiger partial charge in [-0.25, -0.2) is 21.5 Å². The summed E-state index contributed by atoms with van der Waals surface area (Å²) in [6.07, 6.45) is 0. The molecule has 0 aliphatic carbocycles. The third-order valence-electron chi connectivity index (χ3n) is 3.61. The molecule has 0 bridgehead atoms. The Morgan fingerprint density at radius 1 is 1.21 bits per heavy atom. The van der Waals surface area contributed by atoms with Crippen molar-refractivity contribution in [3.63, 3.8) is 0 Å². The highest BCUT2D eigenvalue weighted by molar-refractivity contribution is 6.32. The van der Waals surface area contributed by atoms with Crippen molar-refractivity contribution < 1.29 is 9.53 Å². The van der Waals surface area contributed by atoms with Crippen molar-refractivity contribution in [1.29, 1.82) is 0 Å². The standard InChI is InChI=1S/C17H21ClN4O2/c1-11-7-8-16(14(18)9-11)24-10-13-12(2)5-4-6-15(13)22(20)17(23)21(3)19/h4-9H,10,19-20H2,1-3H3. The number of carbonyl (C=O) groups excluding carboxylic acids is 1. The van der Waals surface area contributed by atoms with E-state index in [9.17, 15) is 4.79 Å². The maximum Gasteiger partial charge on any atom is 0.352 e. The number of hydrogen-bond donors (Lipinski definition) is 2. The number of hydrazine groups is 2. The molecule has 0 aromatic heterocycles. The van der Waals surface area contributed by atoms with Crippen LogP contribution in [0.2, 0.25) is 5.02 Å². The molecule has 24 heavy (non-hydrogen) atoms. The predicted octanol–water partition coefficient (Wildman–Crippen LogP) is 3.14. The van der Waals surface area contributed by atoms with Crippen molar-refractivity contribution in [2.45, 2.75) is 20.5 Å². The first-order chi connectivity index (χ1) is 11.3. The second-order valence-corrected chi connectivity index (χ2v) is 5.97. The van der Waals surface area contributed by atoms with Gasteiger partial charge in [-0.15, -0.1) is 0 Å². The number of ether oxygens (including phenoxy) is 1. The van der Waals surface area contributed by atoms with Gasteiger partial charge in [0.1, 0.15) is 12.4 Å². The molecule has 0 saturated carbocycles. The minimum atomic E-state index is -0.532. The Morgan fingerprint density at radius 3 is 2.54 bits per heavy atom. The van der Waals surface area contributed by atoms with Gasteiger partial charge in [-0.1, -0.05) is 29.8 Å². The molecule has 0 unspecified atom stereocenters. The minimum absolute atomic E-state index is 0.222. The normalized spacial score (nSPS) is 10.4. The lowest BCUT2D eigenvalue weighted by Gasteiger charge is -2.24. The summed E-state index contributed by atoms with van der Waals surface area (Å²) in [5.74, 6) is 12.0. The van der Waals surface area contributed by atoms with Crippen LogP contribution in [-0.4, -0.2) is 18.1 Å². The van der Waals surface area contributed by atoms with Gasteiger partial charge >= 0.3 is 6.03 Å². The van der Waals surface area contributed by atoms with Crippen molar-refractivity contribution in [1.82, 2.24) is 5.01 Å². The number of rotatable bonds is 4. The highest BCUT2D eigenvalue weighted by Crippen LogP contribution is 2.29. The van der Waals surface area contributed by atoms with E-state index in [2.05, 4.69) is 0 Å². The van der Waals surface area contributed by atoms with Crippen molar-refractivity contribution >= 4 is 23.3 Å². The smallest absolute Gasteiger partial charge is 0.352 e. The summed E-state index contributed by atoms with van der Waals surface area (Å²) in [5.41, 5.74) is 3.31. The summed E-state index contributed by atoms with van der Waals surface area (Å²) in [4.78, 5) is 12.0. The molecule has 0 aliphatic rings. The van der Waals surface area contributed by atoms with E-state index in [-0.39, 0.29) is 6.61 Å². The number of aryl methyl sites for hydroxylation is 2. The summed E-state index contributed by atoms with van der Waals surface area (Å²) < 4.78 is 5.82. The molecule has 0 atom stereocenters. The van der Waals surface area contributed by atoms with Crippen LogP contribution in [-0.2, 0) is 6.61 Å². The van der Waals surface area contributed by atoms with Crippen LogP contribution in [0.4, 0.5) is 10.5 Å². The highest BCUT2D eigenvalue weighted by atomic mass is 35.5. The quantitative estimate of drug-likeness (QED) is 0.505. The monoisotopic (exact) mass is 348 g/mol. The van der Waals surface area contributed by atoms with Crippen molar-refractivity contribution in [2.75, 3.05) is 12.1 Å². The van der Waals surface area contributed by atoms with E-state index in [1.807, 2.05) is 44.2 Å². The summed E-state index contributed by atoms with van der Waals surface area (Å²) in [6.45, 7) is 4.10. The number of amides is 2. The lowest BCUT2D eigenvalue weighted by molar-refractivity contribution is 0.216. The van der Waals surface area contributed by atoms with Crippen LogP contribution >= 0.6 is 11.6 Å². The van der Waals surface area contributed by atoms with E-state index in [1.54, 1.807) is 6.07 Å². The second kappa shape index (κ2) is 7.53. The molecule has 2 aromatic rings. The fraction of sp³-hybridized carbons (Fsp3) is 0.235. The van der Waals surface area contributed by atoms with Crippen LogP contribution in [0, 0.1) is 13.8 Å². The van der Waals surface area contributed by atoms with Gasteiger partial charge in [-0.2, -0.15) is 0 Å². The molecule has 0 fully saturated rings. The van der Waals surface area contributed by atoms with Crippen molar-refractivity contribution in [3.05, 3.63) is 58.1 Å². The SMILES string of the molecule is Cc1ccc(OCc2c(C)cccc2N(N)C(=O)N(C)N)c(Cl)c1. The van der Waals surface area contributed by atoms with Crippen LogP contribution in [0.3, 0.4) is 0 Å². The summed E-state index contributed by atoms with van der Waals surface area (Å²) in [7, 11) is 1.43. The molecule has 128 valence electrons. The zero-order valence-electron chi connectivity index (χ0n) is 13.9. The first-order valence-electron chi connectivity index (χ1n) is 7.36. The first-order valence-corrected chi connectivity index (χ1v) is 7.73. The summed E-state index contributed by atoms with van der Waals surface area (Å²) >= 11 is 6.19. The Morgan fingerprint density at radius 2 is 1.92 bits per heavy atom. The topological polar surface area (TPSA) is 84.8 Å². The molecule has 4 N–H and O–H groups in total. The molecule has 0 spiro atoms. The molecular weight excluding hydrogens is 328 g/mol. The summed E-state index contributed by atoms with van der Waals surface area (Å²) in [5, 5.41) is 2.46. The average molecular weight is 349 g/mol. The minimum Gasteiger partial charge on any atom is -0.487 e. The van der Waals surface area contributed by atoms with Crippen LogP contribution in [0.25, 0.3) is 0 Å². The van der Waals surface area contributed by atoms with Gasteiger partial charge in [-0.3, -0.25) is 5.01 Å². The van der Waals surface area contributed by atoms with E-state index < -0.39 is 6.03 Å². The van der Waals surface area contributed by atoms with Gasteiger partial charge < -0.3 is 4.74 Å². The Balaban J connectivity index is 2.28. The Hall–Kier alpha value is -2.28. The Bertz CT molecular complexity index is 749. The molecule has 0 aliphatic heterocycles. The van der Waals surface area contributed by atoms with Crippen LogP contribution in [0.5, 0.6) is 5.75 Å². The van der Waals surface area contributed by atoms with Crippen LogP contribution in [0.1, 0.15) is 16.7 Å². The fourth-order valence-electron chi connectivity index (χ4n) is 2.25. The lowest BCUT2D eigenvalue weighted by Crippen LogP contribution is -2.49. The summed E-state index contributed by atoms with van der Waals surface area (Å²) in [6, 6.07) is 10.5. The number of halogens is 1. The molecule has 6 nitrogen and oxygen atoms in total. The van der Waals surface area contributed by atoms with E-state index in [0.717, 1.165) is 26.7 Å². The molecule has 7 heteroatoms. The van der Waals surface area contributed by atoms with Crippen LogP contribution in [0.15, 0.2) is 36.4 Å². The number of carbonyl (C=O) groups is 1. The second-order valence-electron chi connectivity index (χ2n) is 5.56. The number of nitrogens with two attached hydrogens (primary N) is 2. The van der Waals surface area contributed by atoms with E-state index in [0.29, 0.717) is 16.5 Å². The van der Waals surface area contributed by atoms with E-state index in [1.165, 1.54) is 7.05 Å². The van der Waals surface area contributed by atoms with Gasteiger partial charge in [0.05, 0.1) is 10.7 Å². The Kier molecular flexibility index (Phi) is 5.66. The number of benzene rings is 2. The van der Waals surface area contributed by atoms with Crippen LogP contribution < -0.4 is 21.4 Å². The maximum atomic E-state index is 12.0. The molecule has 2 aromatic carbocycles. The Labute approximate surface area is 146 Å². The molecule has 2 rings (SSSR count). The lowest BCUT2D eigenvalue weighted by atomic mass is 10.1. The molecule has 0 saturated heterocycles. The average Bonchev–Trinajstić information content (AvgIpc) is 2.53. The third-order valence-corrected chi connectivity index (χ3v) is 3.91. The molecule has 0 radical (unpaired) electrons. The van der Waals surface area contributed by atoms with Gasteiger partial charge in [0, 0.05) is 12.6 Å². The molecule has 0 heterocycles. The number of nitrogens with zero attached hydrogens (tertiary/aromatic N) is 2. The van der Waals surface area contributed by atoms with Gasteiger partial charge in [0.2, 0.25) is 0 Å². The van der Waals surface area contributed by atoms with E-state index >= 15 is 0 Å². The zero-order valence-corrected chi connectivity index (χ0v) is 14.7. The highest BCUT2D eigenvalue weighted by Gasteiger charge is 2.19. The molecule has 2 amide bonds. The fourth-order valence-corrected chi connectivity index (χ4v) is 2.54. The van der Waals surface area contributed by atoms with E-state index in [4.69, 9.17) is 28.0 Å². The largest absolute Gasteiger partial charge is 0.487 e. The van der Waals surface area contributed by atoms with Gasteiger partial charge in [-0.05, 0) is 43.2 Å². The van der Waals surface area contributed by atoms with Crippen molar-refractivity contribution in [2.24, 2.45) is 11.7 Å².